The van der Waals surface area contributed by atoms with Gasteiger partial charge in [-0.3, -0.25) is 9.89 Å². The maximum atomic E-state index is 13.2. The number of hydrogen-bond acceptors (Lipinski definition) is 4. The molecule has 0 spiro atoms. The van der Waals surface area contributed by atoms with Crippen molar-refractivity contribution in [2.24, 2.45) is 0 Å². The zero-order valence-electron chi connectivity index (χ0n) is 9.78. The van der Waals surface area contributed by atoms with E-state index in [-0.39, 0.29) is 17.2 Å². The lowest BCUT2D eigenvalue weighted by Gasteiger charge is -2.07. The lowest BCUT2D eigenvalue weighted by molar-refractivity contribution is 0.0953. The van der Waals surface area contributed by atoms with Gasteiger partial charge in [-0.25, -0.2) is 9.37 Å². The fourth-order valence-electron chi connectivity index (χ4n) is 1.48. The van der Waals surface area contributed by atoms with Crippen LogP contribution in [0.15, 0.2) is 22.9 Å². The molecule has 0 aliphatic heterocycles. The van der Waals surface area contributed by atoms with E-state index < -0.39 is 5.82 Å². The number of carbonyl (C=O) groups is 1. The first-order valence-electron chi connectivity index (χ1n) is 5.45. The first kappa shape index (κ1) is 13.5. The van der Waals surface area contributed by atoms with Crippen LogP contribution in [0.4, 0.5) is 10.1 Å². The van der Waals surface area contributed by atoms with Crippen molar-refractivity contribution in [3.63, 3.8) is 0 Å². The van der Waals surface area contributed by atoms with E-state index in [1.54, 1.807) is 0 Å². The van der Waals surface area contributed by atoms with Crippen molar-refractivity contribution in [2.45, 2.75) is 6.42 Å². The van der Waals surface area contributed by atoms with Gasteiger partial charge in [0.05, 0.1) is 11.3 Å². The van der Waals surface area contributed by atoms with Gasteiger partial charge >= 0.3 is 0 Å². The van der Waals surface area contributed by atoms with Crippen LogP contribution in [-0.4, -0.2) is 27.6 Å². The number of halogens is 2. The second-order valence-corrected chi connectivity index (χ2v) is 4.65. The zero-order chi connectivity index (χ0) is 13.8. The first-order valence-corrected chi connectivity index (χ1v) is 6.24. The molecule has 1 aromatic carbocycles. The lowest BCUT2D eigenvalue weighted by Crippen LogP contribution is -2.26. The Hall–Kier alpha value is -1.96. The van der Waals surface area contributed by atoms with Crippen molar-refractivity contribution in [3.05, 3.63) is 40.1 Å². The Kier molecular flexibility index (Phi) is 4.10. The number of aromatic amines is 1. The normalized spacial score (nSPS) is 10.4. The number of nitrogens with one attached hydrogen (secondary N) is 2. The average Bonchev–Trinajstić information content (AvgIpc) is 2.86. The van der Waals surface area contributed by atoms with Crippen LogP contribution in [0, 0.1) is 5.82 Å². The third kappa shape index (κ3) is 3.28. The van der Waals surface area contributed by atoms with Gasteiger partial charge in [-0.1, -0.05) is 0 Å². The second-order valence-electron chi connectivity index (χ2n) is 3.79. The molecule has 0 unspecified atom stereocenters. The topological polar surface area (TPSA) is 96.7 Å². The van der Waals surface area contributed by atoms with E-state index in [0.29, 0.717) is 23.3 Å². The average molecular weight is 328 g/mol. The molecule has 0 radical (unpaired) electrons. The molecular formula is C11H11BrFN5O. The summed E-state index contributed by atoms with van der Waals surface area (Å²) in [5.41, 5.74) is 5.66. The molecule has 0 saturated carbocycles. The zero-order valence-corrected chi connectivity index (χ0v) is 11.4. The fraction of sp³-hybridized carbons (Fsp3) is 0.182. The smallest absolute Gasteiger partial charge is 0.252 e. The van der Waals surface area contributed by atoms with Gasteiger partial charge in [0.1, 0.15) is 18.0 Å². The van der Waals surface area contributed by atoms with Crippen molar-refractivity contribution >= 4 is 27.5 Å². The third-order valence-corrected chi connectivity index (χ3v) is 3.10. The SMILES string of the molecule is Nc1cc(C(=O)NCCc2ncn[nH]2)c(Br)cc1F. The molecule has 1 heterocycles. The number of rotatable bonds is 4. The van der Waals surface area contributed by atoms with E-state index in [4.69, 9.17) is 5.73 Å². The predicted octanol–water partition coefficient (Wildman–Crippen LogP) is 1.26. The Bertz CT molecular complexity index is 587. The van der Waals surface area contributed by atoms with E-state index in [1.807, 2.05) is 0 Å². The number of hydrogen-bond donors (Lipinski definition) is 3. The molecule has 19 heavy (non-hydrogen) atoms. The molecule has 0 atom stereocenters. The molecule has 0 saturated heterocycles. The molecule has 0 aliphatic rings. The van der Waals surface area contributed by atoms with Crippen LogP contribution < -0.4 is 11.1 Å². The van der Waals surface area contributed by atoms with Crippen LogP contribution in [0.3, 0.4) is 0 Å². The minimum absolute atomic E-state index is 0.0661. The van der Waals surface area contributed by atoms with Crippen LogP contribution in [0.1, 0.15) is 16.2 Å². The quantitative estimate of drug-likeness (QED) is 0.736. The summed E-state index contributed by atoms with van der Waals surface area (Å²) in [5, 5.41) is 9.08. The number of benzene rings is 1. The Morgan fingerprint density at radius 1 is 1.53 bits per heavy atom. The standard InChI is InChI=1S/C11H11BrFN5O/c12-7-4-8(13)9(14)3-6(7)11(19)15-2-1-10-16-5-17-18-10/h3-5H,1-2,14H2,(H,15,19)(H,16,17,18). The van der Waals surface area contributed by atoms with Gasteiger partial charge in [-0.2, -0.15) is 5.10 Å². The third-order valence-electron chi connectivity index (χ3n) is 2.44. The number of nitrogens with two attached hydrogens (primary N) is 1. The summed E-state index contributed by atoms with van der Waals surface area (Å²) < 4.78 is 13.5. The van der Waals surface area contributed by atoms with Crippen molar-refractivity contribution < 1.29 is 9.18 Å². The summed E-state index contributed by atoms with van der Waals surface area (Å²) >= 11 is 3.13. The monoisotopic (exact) mass is 327 g/mol. The summed E-state index contributed by atoms with van der Waals surface area (Å²) in [5.74, 6) is -0.221. The molecule has 1 amide bonds. The van der Waals surface area contributed by atoms with E-state index >= 15 is 0 Å². The number of nitrogens with zero attached hydrogens (tertiary/aromatic N) is 2. The van der Waals surface area contributed by atoms with E-state index in [2.05, 4.69) is 36.4 Å². The van der Waals surface area contributed by atoms with E-state index in [0.717, 1.165) is 0 Å². The van der Waals surface area contributed by atoms with Crippen LogP contribution in [-0.2, 0) is 6.42 Å². The maximum absolute atomic E-state index is 13.2. The molecule has 0 bridgehead atoms. The highest BCUT2D eigenvalue weighted by Crippen LogP contribution is 2.22. The van der Waals surface area contributed by atoms with Gasteiger partial charge in [0.2, 0.25) is 0 Å². The molecule has 2 aromatic rings. The Morgan fingerprint density at radius 3 is 3.00 bits per heavy atom. The number of amides is 1. The van der Waals surface area contributed by atoms with E-state index in [1.165, 1.54) is 18.5 Å². The number of nitrogen functional groups attached to an aromatic ring is 1. The van der Waals surface area contributed by atoms with E-state index in [9.17, 15) is 9.18 Å². The van der Waals surface area contributed by atoms with Gasteiger partial charge < -0.3 is 11.1 Å². The highest BCUT2D eigenvalue weighted by molar-refractivity contribution is 9.10. The molecule has 4 N–H and O–H groups in total. The largest absolute Gasteiger partial charge is 0.396 e. The number of H-pyrrole nitrogens is 1. The molecule has 2 rings (SSSR count). The minimum Gasteiger partial charge on any atom is -0.396 e. The van der Waals surface area contributed by atoms with Crippen molar-refractivity contribution in [3.8, 4) is 0 Å². The fourth-order valence-corrected chi connectivity index (χ4v) is 1.98. The molecule has 100 valence electrons. The number of anilines is 1. The first-order chi connectivity index (χ1) is 9.08. The van der Waals surface area contributed by atoms with Gasteiger partial charge in [-0.15, -0.1) is 0 Å². The van der Waals surface area contributed by atoms with Crippen LogP contribution in [0.5, 0.6) is 0 Å². The predicted molar refractivity (Wildman–Crippen MR) is 70.9 cm³/mol. The Labute approximate surface area is 116 Å². The van der Waals surface area contributed by atoms with Crippen molar-refractivity contribution in [2.75, 3.05) is 12.3 Å². The van der Waals surface area contributed by atoms with Gasteiger partial charge in [0, 0.05) is 17.4 Å². The van der Waals surface area contributed by atoms with Crippen LogP contribution >= 0.6 is 15.9 Å². The molecule has 8 heteroatoms. The summed E-state index contributed by atoms with van der Waals surface area (Å²) in [6.45, 7) is 0.387. The number of carbonyl (C=O) groups excluding carboxylic acids is 1. The molecule has 0 fully saturated rings. The minimum atomic E-state index is -0.565. The molecule has 6 nitrogen and oxygen atoms in total. The second kappa shape index (κ2) is 5.79. The van der Waals surface area contributed by atoms with Crippen LogP contribution in [0.2, 0.25) is 0 Å². The number of aromatic nitrogens is 3. The summed E-state index contributed by atoms with van der Waals surface area (Å²) in [6.07, 6.45) is 1.93. The summed E-state index contributed by atoms with van der Waals surface area (Å²) in [7, 11) is 0. The summed E-state index contributed by atoms with van der Waals surface area (Å²) in [6, 6.07) is 2.46. The van der Waals surface area contributed by atoms with Gasteiger partial charge in [0.15, 0.2) is 0 Å². The summed E-state index contributed by atoms with van der Waals surface area (Å²) in [4.78, 5) is 15.8. The Balaban J connectivity index is 1.98. The molecule has 0 aliphatic carbocycles. The lowest BCUT2D eigenvalue weighted by atomic mass is 10.2. The highest BCUT2D eigenvalue weighted by Gasteiger charge is 2.13. The van der Waals surface area contributed by atoms with Crippen molar-refractivity contribution in [1.82, 2.24) is 20.5 Å². The highest BCUT2D eigenvalue weighted by atomic mass is 79.9. The molecular weight excluding hydrogens is 317 g/mol. The van der Waals surface area contributed by atoms with Gasteiger partial charge in [-0.05, 0) is 28.1 Å². The van der Waals surface area contributed by atoms with Crippen LogP contribution in [0.25, 0.3) is 0 Å². The maximum Gasteiger partial charge on any atom is 0.252 e. The Morgan fingerprint density at radius 2 is 2.32 bits per heavy atom. The molecule has 1 aromatic heterocycles. The van der Waals surface area contributed by atoms with Gasteiger partial charge in [0.25, 0.3) is 5.91 Å². The van der Waals surface area contributed by atoms with Crippen molar-refractivity contribution in [1.29, 1.82) is 0 Å².